The number of methoxy groups -OCH3 is 1. The van der Waals surface area contributed by atoms with Crippen LogP contribution in [0.3, 0.4) is 0 Å². The second-order valence-corrected chi connectivity index (χ2v) is 8.16. The summed E-state index contributed by atoms with van der Waals surface area (Å²) < 4.78 is 20.6. The number of hydrogen-bond donors (Lipinski definition) is 0. The molecule has 0 atom stereocenters. The van der Waals surface area contributed by atoms with Crippen molar-refractivity contribution < 1.29 is 13.9 Å². The predicted molar refractivity (Wildman–Crippen MR) is 130 cm³/mol. The fourth-order valence-electron chi connectivity index (χ4n) is 4.21. The first kappa shape index (κ1) is 21.7. The summed E-state index contributed by atoms with van der Waals surface area (Å²) in [5, 5.41) is 4.70. The number of piperazine rings is 1. The van der Waals surface area contributed by atoms with Gasteiger partial charge in [0.15, 0.2) is 0 Å². The van der Waals surface area contributed by atoms with Crippen LogP contribution < -0.4 is 9.64 Å². The van der Waals surface area contributed by atoms with Crippen LogP contribution in [0, 0.1) is 5.82 Å². The Balaban J connectivity index is 1.41. The topological polar surface area (TPSA) is 50.6 Å². The lowest BCUT2D eigenvalue weighted by molar-refractivity contribution is 0.0747. The van der Waals surface area contributed by atoms with Crippen molar-refractivity contribution in [2.75, 3.05) is 38.2 Å². The van der Waals surface area contributed by atoms with Gasteiger partial charge in [0, 0.05) is 49.7 Å². The minimum Gasteiger partial charge on any atom is -0.497 e. The summed E-state index contributed by atoms with van der Waals surface area (Å²) in [6.45, 7) is 2.63. The number of rotatable bonds is 5. The number of nitrogens with zero attached hydrogens (tertiary/aromatic N) is 4. The first-order valence-corrected chi connectivity index (χ1v) is 11.2. The number of carbonyl (C=O) groups excluding carboxylic acids is 1. The maximum Gasteiger partial charge on any atom is 0.257 e. The molecule has 172 valence electrons. The molecule has 2 heterocycles. The first-order valence-electron chi connectivity index (χ1n) is 11.2. The number of anilines is 1. The summed E-state index contributed by atoms with van der Waals surface area (Å²) in [7, 11) is 1.66. The molecule has 1 aliphatic heterocycles. The van der Waals surface area contributed by atoms with Gasteiger partial charge in [-0.25, -0.2) is 9.07 Å². The Labute approximate surface area is 197 Å². The molecule has 1 fully saturated rings. The van der Waals surface area contributed by atoms with Gasteiger partial charge >= 0.3 is 0 Å². The van der Waals surface area contributed by atoms with E-state index in [0.29, 0.717) is 29.9 Å². The lowest BCUT2D eigenvalue weighted by atomic mass is 10.1. The van der Waals surface area contributed by atoms with E-state index >= 15 is 0 Å². The van der Waals surface area contributed by atoms with E-state index in [4.69, 9.17) is 9.84 Å². The Kier molecular flexibility index (Phi) is 5.99. The molecule has 1 amide bonds. The Morgan fingerprint density at radius 2 is 1.59 bits per heavy atom. The molecule has 6 nitrogen and oxygen atoms in total. The molecular formula is C27H25FN4O2. The zero-order chi connectivity index (χ0) is 23.5. The second kappa shape index (κ2) is 9.39. The Hall–Kier alpha value is -4.13. The highest BCUT2D eigenvalue weighted by atomic mass is 19.1. The van der Waals surface area contributed by atoms with Crippen LogP contribution in [0.1, 0.15) is 10.4 Å². The Morgan fingerprint density at radius 3 is 2.29 bits per heavy atom. The molecule has 0 aliphatic carbocycles. The van der Waals surface area contributed by atoms with Crippen LogP contribution >= 0.6 is 0 Å². The van der Waals surface area contributed by atoms with Gasteiger partial charge in [-0.05, 0) is 48.5 Å². The number of amides is 1. The van der Waals surface area contributed by atoms with Gasteiger partial charge < -0.3 is 14.5 Å². The van der Waals surface area contributed by atoms with Gasteiger partial charge in [-0.15, -0.1) is 0 Å². The number of aromatic nitrogens is 2. The van der Waals surface area contributed by atoms with E-state index in [1.807, 2.05) is 53.4 Å². The lowest BCUT2D eigenvalue weighted by Gasteiger charge is -2.36. The second-order valence-electron chi connectivity index (χ2n) is 8.16. The molecule has 3 aromatic carbocycles. The minimum atomic E-state index is -0.326. The molecule has 1 aliphatic rings. The third-order valence-electron chi connectivity index (χ3n) is 6.07. The predicted octanol–water partition coefficient (Wildman–Crippen LogP) is 4.65. The summed E-state index contributed by atoms with van der Waals surface area (Å²) in [5.41, 5.74) is 3.69. The highest BCUT2D eigenvalue weighted by Gasteiger charge is 2.27. The van der Waals surface area contributed by atoms with Crippen LogP contribution in [0.25, 0.3) is 16.9 Å². The third-order valence-corrected chi connectivity index (χ3v) is 6.07. The number of para-hydroxylation sites is 1. The molecule has 4 aromatic rings. The molecule has 1 saturated heterocycles. The van der Waals surface area contributed by atoms with Crippen LogP contribution in [0.15, 0.2) is 85.1 Å². The van der Waals surface area contributed by atoms with E-state index < -0.39 is 0 Å². The molecular weight excluding hydrogens is 431 g/mol. The van der Waals surface area contributed by atoms with Crippen molar-refractivity contribution in [2.24, 2.45) is 0 Å². The molecule has 7 heteroatoms. The number of benzene rings is 3. The van der Waals surface area contributed by atoms with Crippen molar-refractivity contribution >= 4 is 11.6 Å². The van der Waals surface area contributed by atoms with Gasteiger partial charge in [0.2, 0.25) is 0 Å². The molecule has 5 rings (SSSR count). The monoisotopic (exact) mass is 456 g/mol. The van der Waals surface area contributed by atoms with Gasteiger partial charge in [-0.2, -0.15) is 5.10 Å². The molecule has 0 bridgehead atoms. The number of halogens is 1. The third kappa shape index (κ3) is 4.37. The van der Waals surface area contributed by atoms with Gasteiger partial charge in [-0.3, -0.25) is 4.79 Å². The quantitative estimate of drug-likeness (QED) is 0.439. The minimum absolute atomic E-state index is 0.0770. The fraction of sp³-hybridized carbons (Fsp3) is 0.185. The van der Waals surface area contributed by atoms with E-state index in [-0.39, 0.29) is 11.7 Å². The maximum atomic E-state index is 13.6. The summed E-state index contributed by atoms with van der Waals surface area (Å²) in [6.07, 6.45) is 1.77. The van der Waals surface area contributed by atoms with E-state index in [0.717, 1.165) is 30.2 Å². The standard InChI is InChI=1S/C27H25FN4O2/c1-34-24-9-5-8-23(18-24)30-14-16-31(17-15-30)27(33)25-19-32(22-6-3-2-4-7-22)29-26(25)20-10-12-21(28)13-11-20/h2-13,18-19H,14-17H2,1H3. The zero-order valence-electron chi connectivity index (χ0n) is 18.9. The molecule has 1 aromatic heterocycles. The molecule has 0 radical (unpaired) electrons. The molecule has 34 heavy (non-hydrogen) atoms. The van der Waals surface area contributed by atoms with Crippen LogP contribution in [-0.2, 0) is 0 Å². The van der Waals surface area contributed by atoms with E-state index in [9.17, 15) is 9.18 Å². The van der Waals surface area contributed by atoms with Crippen LogP contribution in [0.4, 0.5) is 10.1 Å². The van der Waals surface area contributed by atoms with E-state index in [1.54, 1.807) is 30.1 Å². The average Bonchev–Trinajstić information content (AvgIpc) is 3.35. The average molecular weight is 457 g/mol. The van der Waals surface area contributed by atoms with Gasteiger partial charge in [0.05, 0.1) is 18.4 Å². The summed E-state index contributed by atoms with van der Waals surface area (Å²) in [5.74, 6) is 0.410. The lowest BCUT2D eigenvalue weighted by Crippen LogP contribution is -2.48. The van der Waals surface area contributed by atoms with Crippen molar-refractivity contribution in [3.8, 4) is 22.7 Å². The molecule has 0 saturated carbocycles. The number of ether oxygens (including phenoxy) is 1. The molecule has 0 unspecified atom stereocenters. The van der Waals surface area contributed by atoms with Crippen LogP contribution in [0.5, 0.6) is 5.75 Å². The summed E-state index contributed by atoms with van der Waals surface area (Å²) >= 11 is 0. The maximum absolute atomic E-state index is 13.6. The summed E-state index contributed by atoms with van der Waals surface area (Å²) in [6, 6.07) is 23.7. The molecule has 0 N–H and O–H groups in total. The van der Waals surface area contributed by atoms with Crippen molar-refractivity contribution in [2.45, 2.75) is 0 Å². The summed E-state index contributed by atoms with van der Waals surface area (Å²) in [4.78, 5) is 17.7. The van der Waals surface area contributed by atoms with Gasteiger partial charge in [-0.1, -0.05) is 24.3 Å². The molecule has 0 spiro atoms. The van der Waals surface area contributed by atoms with E-state index in [1.165, 1.54) is 12.1 Å². The Bertz CT molecular complexity index is 1280. The van der Waals surface area contributed by atoms with Crippen LogP contribution in [-0.4, -0.2) is 53.9 Å². The van der Waals surface area contributed by atoms with Crippen LogP contribution in [0.2, 0.25) is 0 Å². The van der Waals surface area contributed by atoms with Crippen molar-refractivity contribution in [3.05, 3.63) is 96.4 Å². The number of carbonyl (C=O) groups is 1. The normalized spacial score (nSPS) is 13.7. The van der Waals surface area contributed by atoms with Crippen molar-refractivity contribution in [1.29, 1.82) is 0 Å². The first-order chi connectivity index (χ1) is 16.6. The van der Waals surface area contributed by atoms with Gasteiger partial charge in [0.25, 0.3) is 5.91 Å². The highest BCUT2D eigenvalue weighted by Crippen LogP contribution is 2.27. The SMILES string of the molecule is COc1cccc(N2CCN(C(=O)c3cn(-c4ccccc4)nc3-c3ccc(F)cc3)CC2)c1. The Morgan fingerprint density at radius 1 is 0.882 bits per heavy atom. The van der Waals surface area contributed by atoms with E-state index in [2.05, 4.69) is 11.0 Å². The smallest absolute Gasteiger partial charge is 0.257 e. The van der Waals surface area contributed by atoms with Crippen molar-refractivity contribution in [1.82, 2.24) is 14.7 Å². The zero-order valence-corrected chi connectivity index (χ0v) is 18.9. The largest absolute Gasteiger partial charge is 0.497 e. The number of hydrogen-bond acceptors (Lipinski definition) is 4. The fourth-order valence-corrected chi connectivity index (χ4v) is 4.21. The van der Waals surface area contributed by atoms with Crippen molar-refractivity contribution in [3.63, 3.8) is 0 Å². The highest BCUT2D eigenvalue weighted by molar-refractivity contribution is 6.00. The van der Waals surface area contributed by atoms with Gasteiger partial charge in [0.1, 0.15) is 17.3 Å².